The summed E-state index contributed by atoms with van der Waals surface area (Å²) in [5.41, 5.74) is 3.37. The fraction of sp³-hybridized carbons (Fsp3) is 0.240. The Labute approximate surface area is 192 Å². The van der Waals surface area contributed by atoms with E-state index in [1.165, 1.54) is 47.9 Å². The average Bonchev–Trinajstić information content (AvgIpc) is 3.26. The molecule has 4 rings (SSSR count). The molecule has 0 heterocycles. The summed E-state index contributed by atoms with van der Waals surface area (Å²) in [5.74, 6) is -0.323. The number of halogens is 1. The number of amides is 1. The second kappa shape index (κ2) is 9.62. The van der Waals surface area contributed by atoms with E-state index < -0.39 is 21.7 Å². The van der Waals surface area contributed by atoms with Crippen LogP contribution >= 0.6 is 0 Å². The van der Waals surface area contributed by atoms with Gasteiger partial charge in [0.05, 0.1) is 17.1 Å². The van der Waals surface area contributed by atoms with E-state index in [4.69, 9.17) is 4.74 Å². The van der Waals surface area contributed by atoms with Crippen molar-refractivity contribution in [2.45, 2.75) is 31.1 Å². The lowest BCUT2D eigenvalue weighted by Crippen LogP contribution is -2.29. The molecule has 0 radical (unpaired) electrons. The van der Waals surface area contributed by atoms with Crippen LogP contribution in [0.5, 0.6) is 5.75 Å². The van der Waals surface area contributed by atoms with E-state index in [0.717, 1.165) is 24.7 Å². The molecule has 172 valence electrons. The number of carbonyl (C=O) groups is 1. The Hall–Kier alpha value is -3.39. The predicted molar refractivity (Wildman–Crippen MR) is 125 cm³/mol. The number of ether oxygens (including phenoxy) is 1. The van der Waals surface area contributed by atoms with Crippen molar-refractivity contribution in [3.05, 3.63) is 88.7 Å². The van der Waals surface area contributed by atoms with Crippen molar-refractivity contribution < 1.29 is 22.3 Å². The van der Waals surface area contributed by atoms with Gasteiger partial charge < -0.3 is 10.1 Å². The lowest BCUT2D eigenvalue weighted by Gasteiger charge is -2.13. The molecule has 6 nitrogen and oxygen atoms in total. The number of fused-ring (bicyclic) bond motifs is 1. The third-order valence-corrected chi connectivity index (χ3v) is 6.97. The van der Waals surface area contributed by atoms with Crippen LogP contribution in [0.25, 0.3) is 0 Å². The van der Waals surface area contributed by atoms with Gasteiger partial charge in [0.1, 0.15) is 18.2 Å². The predicted octanol–water partition coefficient (Wildman–Crippen LogP) is 4.23. The minimum absolute atomic E-state index is 0.129. The highest BCUT2D eigenvalue weighted by Crippen LogP contribution is 2.26. The van der Waals surface area contributed by atoms with Gasteiger partial charge in [-0.05, 0) is 79.3 Å². The highest BCUT2D eigenvalue weighted by Gasteiger charge is 2.19. The van der Waals surface area contributed by atoms with Crippen molar-refractivity contribution in [3.8, 4) is 5.75 Å². The number of anilines is 1. The summed E-state index contributed by atoms with van der Waals surface area (Å²) >= 11 is 0. The van der Waals surface area contributed by atoms with Crippen molar-refractivity contribution >= 4 is 21.6 Å². The Bertz CT molecular complexity index is 1290. The van der Waals surface area contributed by atoms with Crippen LogP contribution < -0.4 is 14.8 Å². The number of rotatable bonds is 8. The zero-order valence-electron chi connectivity index (χ0n) is 18.2. The van der Waals surface area contributed by atoms with E-state index in [0.29, 0.717) is 5.56 Å². The highest BCUT2D eigenvalue weighted by atomic mass is 32.2. The molecule has 3 aromatic carbocycles. The van der Waals surface area contributed by atoms with Crippen molar-refractivity contribution in [3.63, 3.8) is 0 Å². The minimum Gasteiger partial charge on any atom is -0.492 e. The summed E-state index contributed by atoms with van der Waals surface area (Å²) in [5, 5.41) is 2.76. The summed E-state index contributed by atoms with van der Waals surface area (Å²) in [6.07, 6.45) is 3.34. The van der Waals surface area contributed by atoms with Crippen LogP contribution in [-0.4, -0.2) is 27.5 Å². The number of para-hydroxylation sites is 1. The Kier molecular flexibility index (Phi) is 6.65. The molecule has 0 atom stereocenters. The number of aryl methyl sites for hydroxylation is 3. The smallest absolute Gasteiger partial charge is 0.262 e. The SMILES string of the molecule is Cc1ccc(S(=O)(=O)Nc2ccccc2F)cc1C(=O)NCCOc1ccc2c(c1)CCC2. The van der Waals surface area contributed by atoms with Crippen LogP contribution in [0.4, 0.5) is 10.1 Å². The summed E-state index contributed by atoms with van der Waals surface area (Å²) in [6.45, 7) is 2.27. The topological polar surface area (TPSA) is 84.5 Å². The summed E-state index contributed by atoms with van der Waals surface area (Å²) in [7, 11) is -4.07. The number of carbonyl (C=O) groups excluding carboxylic acids is 1. The Balaban J connectivity index is 1.38. The van der Waals surface area contributed by atoms with E-state index in [9.17, 15) is 17.6 Å². The fourth-order valence-corrected chi connectivity index (χ4v) is 4.92. The van der Waals surface area contributed by atoms with Crippen LogP contribution in [0, 0.1) is 12.7 Å². The molecule has 0 fully saturated rings. The van der Waals surface area contributed by atoms with Gasteiger partial charge in [0.2, 0.25) is 0 Å². The van der Waals surface area contributed by atoms with Gasteiger partial charge in [0.25, 0.3) is 15.9 Å². The molecule has 1 aliphatic carbocycles. The third-order valence-electron chi connectivity index (χ3n) is 5.61. The third kappa shape index (κ3) is 5.34. The van der Waals surface area contributed by atoms with Crippen LogP contribution in [-0.2, 0) is 22.9 Å². The molecule has 0 spiro atoms. The zero-order chi connectivity index (χ0) is 23.4. The van der Waals surface area contributed by atoms with Crippen molar-refractivity contribution in [2.75, 3.05) is 17.9 Å². The second-order valence-corrected chi connectivity index (χ2v) is 9.63. The first-order chi connectivity index (χ1) is 15.8. The van der Waals surface area contributed by atoms with Gasteiger partial charge in [-0.15, -0.1) is 0 Å². The number of sulfonamides is 1. The molecule has 0 saturated carbocycles. The molecule has 0 bridgehead atoms. The molecule has 0 aliphatic heterocycles. The number of benzene rings is 3. The maximum Gasteiger partial charge on any atom is 0.262 e. The maximum absolute atomic E-state index is 13.9. The number of hydrogen-bond donors (Lipinski definition) is 2. The van der Waals surface area contributed by atoms with Crippen LogP contribution in [0.15, 0.2) is 65.6 Å². The van der Waals surface area contributed by atoms with Gasteiger partial charge in [-0.25, -0.2) is 12.8 Å². The van der Waals surface area contributed by atoms with Gasteiger partial charge in [-0.3, -0.25) is 9.52 Å². The van der Waals surface area contributed by atoms with Crippen molar-refractivity contribution in [1.29, 1.82) is 0 Å². The Morgan fingerprint density at radius 1 is 1.03 bits per heavy atom. The number of hydrogen-bond acceptors (Lipinski definition) is 4. The van der Waals surface area contributed by atoms with E-state index in [1.54, 1.807) is 13.0 Å². The maximum atomic E-state index is 13.9. The molecule has 0 saturated heterocycles. The van der Waals surface area contributed by atoms with E-state index in [2.05, 4.69) is 16.1 Å². The highest BCUT2D eigenvalue weighted by molar-refractivity contribution is 7.92. The first-order valence-corrected chi connectivity index (χ1v) is 12.2. The average molecular weight is 469 g/mol. The van der Waals surface area contributed by atoms with E-state index in [1.807, 2.05) is 12.1 Å². The van der Waals surface area contributed by atoms with Gasteiger partial charge >= 0.3 is 0 Å². The lowest BCUT2D eigenvalue weighted by molar-refractivity contribution is 0.0946. The largest absolute Gasteiger partial charge is 0.492 e. The summed E-state index contributed by atoms with van der Waals surface area (Å²) < 4.78 is 47.3. The molecule has 2 N–H and O–H groups in total. The van der Waals surface area contributed by atoms with Crippen LogP contribution in [0.3, 0.4) is 0 Å². The van der Waals surface area contributed by atoms with E-state index >= 15 is 0 Å². The fourth-order valence-electron chi connectivity index (χ4n) is 3.83. The standard InChI is InChI=1S/C25H25FN2O4S/c1-17-9-12-21(33(30,31)28-24-8-3-2-7-23(24)26)16-22(17)25(29)27-13-14-32-20-11-10-18-5-4-6-19(18)15-20/h2-3,7-12,15-16,28H,4-6,13-14H2,1H3,(H,27,29). The lowest BCUT2D eigenvalue weighted by atomic mass is 10.1. The first kappa shape index (κ1) is 22.8. The van der Waals surface area contributed by atoms with Gasteiger partial charge in [-0.2, -0.15) is 0 Å². The Morgan fingerprint density at radius 2 is 1.82 bits per heavy atom. The molecular formula is C25H25FN2O4S. The van der Waals surface area contributed by atoms with Crippen molar-refractivity contribution in [1.82, 2.24) is 5.32 Å². The Morgan fingerprint density at radius 3 is 2.64 bits per heavy atom. The van der Waals surface area contributed by atoms with Crippen LogP contribution in [0.1, 0.15) is 33.5 Å². The van der Waals surface area contributed by atoms with Gasteiger partial charge in [-0.1, -0.05) is 24.3 Å². The molecule has 0 unspecified atom stereocenters. The summed E-state index contributed by atoms with van der Waals surface area (Å²) in [6, 6.07) is 15.8. The van der Waals surface area contributed by atoms with Crippen molar-refractivity contribution in [2.24, 2.45) is 0 Å². The number of nitrogens with one attached hydrogen (secondary N) is 2. The normalized spacial score (nSPS) is 12.8. The molecule has 0 aromatic heterocycles. The van der Waals surface area contributed by atoms with E-state index in [-0.39, 0.29) is 29.3 Å². The molecule has 33 heavy (non-hydrogen) atoms. The van der Waals surface area contributed by atoms with Gasteiger partial charge in [0, 0.05) is 5.56 Å². The van der Waals surface area contributed by atoms with Crippen LogP contribution in [0.2, 0.25) is 0 Å². The zero-order valence-corrected chi connectivity index (χ0v) is 19.0. The molecule has 1 amide bonds. The quantitative estimate of drug-likeness (QED) is 0.485. The minimum atomic E-state index is -4.07. The molecular weight excluding hydrogens is 443 g/mol. The van der Waals surface area contributed by atoms with Gasteiger partial charge in [0.15, 0.2) is 0 Å². The molecule has 8 heteroatoms. The summed E-state index contributed by atoms with van der Waals surface area (Å²) in [4.78, 5) is 12.6. The second-order valence-electron chi connectivity index (χ2n) is 7.95. The molecule has 3 aromatic rings. The monoisotopic (exact) mass is 468 g/mol. The first-order valence-electron chi connectivity index (χ1n) is 10.7. The molecule has 1 aliphatic rings.